The zero-order valence-corrected chi connectivity index (χ0v) is 18.7. The van der Waals surface area contributed by atoms with Gasteiger partial charge in [-0.2, -0.15) is 5.26 Å². The summed E-state index contributed by atoms with van der Waals surface area (Å²) in [6.07, 6.45) is 8.10. The lowest BCUT2D eigenvalue weighted by atomic mass is 9.46. The lowest BCUT2D eigenvalue weighted by molar-refractivity contribution is -0.134. The second-order valence-corrected chi connectivity index (χ2v) is 15.2. The molecule has 0 bridgehead atoms. The number of rotatable bonds is 3. The van der Waals surface area contributed by atoms with Crippen molar-refractivity contribution in [1.82, 2.24) is 0 Å². The number of nitriles is 1. The summed E-state index contributed by atoms with van der Waals surface area (Å²) in [7, 11) is -1.92. The normalized spacial score (nSPS) is 41.4. The van der Waals surface area contributed by atoms with E-state index >= 15 is 0 Å². The molecule has 0 spiro atoms. The summed E-state index contributed by atoms with van der Waals surface area (Å²) in [6.45, 7) is 8.59. The fraction of sp³-hybridized carbons (Fsp3) is 0.783. The smallest absolute Gasteiger partial charge is 0.185 e. The van der Waals surface area contributed by atoms with E-state index in [9.17, 15) is 14.9 Å². The molecular formula is C23H33NO3Si. The number of carbonyl (C=O) groups excluding carboxylic acids is 2. The largest absolute Gasteiger partial charge is 0.401 e. The van der Waals surface area contributed by atoms with Crippen molar-refractivity contribution in [3.63, 3.8) is 0 Å². The van der Waals surface area contributed by atoms with Gasteiger partial charge in [0.05, 0.1) is 6.07 Å². The minimum absolute atomic E-state index is 0.181. The van der Waals surface area contributed by atoms with E-state index in [1.54, 1.807) is 0 Å². The summed E-state index contributed by atoms with van der Waals surface area (Å²) in [5.74, 6) is 1.93. The van der Waals surface area contributed by atoms with Crippen LogP contribution in [0.2, 0.25) is 19.6 Å². The fourth-order valence-corrected chi connectivity index (χ4v) is 8.03. The van der Waals surface area contributed by atoms with Gasteiger partial charge >= 0.3 is 0 Å². The molecule has 6 atom stereocenters. The number of fused-ring (bicyclic) bond motifs is 5. The molecule has 28 heavy (non-hydrogen) atoms. The van der Waals surface area contributed by atoms with Gasteiger partial charge in [-0.05, 0) is 69.5 Å². The lowest BCUT2D eigenvalue weighted by Crippen LogP contribution is -2.57. The highest BCUT2D eigenvalue weighted by atomic mass is 28.4. The number of hydrogen-bond donors (Lipinski definition) is 0. The van der Waals surface area contributed by atoms with Crippen LogP contribution in [0, 0.1) is 39.9 Å². The molecule has 0 saturated heterocycles. The van der Waals surface area contributed by atoms with Crippen LogP contribution >= 0.6 is 0 Å². The summed E-state index contributed by atoms with van der Waals surface area (Å²) in [5.41, 5.74) is 0.654. The molecule has 0 radical (unpaired) electrons. The third kappa shape index (κ3) is 2.87. The Kier molecular flexibility index (Phi) is 4.75. The van der Waals surface area contributed by atoms with E-state index in [1.807, 2.05) is 0 Å². The van der Waals surface area contributed by atoms with E-state index in [-0.39, 0.29) is 10.8 Å². The van der Waals surface area contributed by atoms with Crippen molar-refractivity contribution in [2.45, 2.75) is 84.0 Å². The summed E-state index contributed by atoms with van der Waals surface area (Å²) in [4.78, 5) is 24.9. The molecule has 0 aromatic carbocycles. The molecule has 4 aliphatic carbocycles. The van der Waals surface area contributed by atoms with Gasteiger partial charge in [0.15, 0.2) is 8.32 Å². The van der Waals surface area contributed by atoms with Crippen LogP contribution in [0.15, 0.2) is 11.6 Å². The Morgan fingerprint density at radius 1 is 1.18 bits per heavy atom. The van der Waals surface area contributed by atoms with E-state index in [0.717, 1.165) is 32.1 Å². The molecule has 0 aromatic rings. The van der Waals surface area contributed by atoms with Crippen molar-refractivity contribution in [2.24, 2.45) is 28.6 Å². The van der Waals surface area contributed by atoms with Gasteiger partial charge in [-0.3, -0.25) is 9.59 Å². The highest BCUT2D eigenvalue weighted by Crippen LogP contribution is 2.65. The zero-order valence-electron chi connectivity index (χ0n) is 17.7. The summed E-state index contributed by atoms with van der Waals surface area (Å²) < 4.78 is 6.49. The Morgan fingerprint density at radius 3 is 2.61 bits per heavy atom. The minimum atomic E-state index is -1.92. The van der Waals surface area contributed by atoms with E-state index < -0.39 is 14.4 Å². The summed E-state index contributed by atoms with van der Waals surface area (Å²) in [6, 6.07) is 2.54. The van der Waals surface area contributed by atoms with Gasteiger partial charge in [0.25, 0.3) is 0 Å². The van der Waals surface area contributed by atoms with E-state index in [0.29, 0.717) is 48.6 Å². The third-order valence-corrected chi connectivity index (χ3v) is 9.25. The molecule has 3 fully saturated rings. The Bertz CT molecular complexity index is 776. The van der Waals surface area contributed by atoms with Crippen molar-refractivity contribution < 1.29 is 14.0 Å². The molecule has 0 aromatic heterocycles. The predicted octanol–water partition coefficient (Wildman–Crippen LogP) is 4.81. The number of carbonyl (C=O) groups is 2. The van der Waals surface area contributed by atoms with Crippen LogP contribution in [0.4, 0.5) is 0 Å². The molecule has 4 aliphatic rings. The number of ketones is 2. The number of Topliss-reactive ketones (excluding diaryl/α,β-unsaturated/α-hetero) is 2. The maximum Gasteiger partial charge on any atom is 0.185 e. The Balaban J connectivity index is 1.78. The molecule has 4 nitrogen and oxygen atoms in total. The highest BCUT2D eigenvalue weighted by molar-refractivity contribution is 6.69. The average molecular weight is 400 g/mol. The quantitative estimate of drug-likeness (QED) is 0.504. The highest BCUT2D eigenvalue weighted by Gasteiger charge is 2.62. The molecule has 5 heteroatoms. The van der Waals surface area contributed by atoms with Crippen molar-refractivity contribution >= 4 is 19.9 Å². The van der Waals surface area contributed by atoms with Crippen LogP contribution in [-0.4, -0.2) is 26.0 Å². The van der Waals surface area contributed by atoms with E-state index in [4.69, 9.17) is 4.43 Å². The number of allylic oxidation sites excluding steroid dienone is 1. The van der Waals surface area contributed by atoms with Crippen molar-refractivity contribution in [1.29, 1.82) is 5.26 Å². The van der Waals surface area contributed by atoms with Crippen LogP contribution < -0.4 is 0 Å². The van der Waals surface area contributed by atoms with Gasteiger partial charge in [0.1, 0.15) is 17.7 Å². The fourth-order valence-electron chi connectivity index (χ4n) is 7.06. The zero-order chi connectivity index (χ0) is 20.3. The number of nitrogens with zero attached hydrogens (tertiary/aromatic N) is 1. The first-order valence-corrected chi connectivity index (χ1v) is 14.3. The maximum atomic E-state index is 12.7. The van der Waals surface area contributed by atoms with Crippen molar-refractivity contribution in [2.75, 3.05) is 0 Å². The Morgan fingerprint density at radius 2 is 1.93 bits per heavy atom. The van der Waals surface area contributed by atoms with E-state index in [1.165, 1.54) is 5.57 Å². The van der Waals surface area contributed by atoms with Gasteiger partial charge in [0, 0.05) is 30.1 Å². The number of hydrogen-bond acceptors (Lipinski definition) is 4. The predicted molar refractivity (Wildman–Crippen MR) is 110 cm³/mol. The lowest BCUT2D eigenvalue weighted by Gasteiger charge is -2.58. The van der Waals surface area contributed by atoms with Gasteiger partial charge < -0.3 is 4.43 Å². The summed E-state index contributed by atoms with van der Waals surface area (Å²) >= 11 is 0. The molecular weight excluding hydrogens is 366 g/mol. The summed E-state index contributed by atoms with van der Waals surface area (Å²) in [5, 5.41) is 10.2. The van der Waals surface area contributed by atoms with Gasteiger partial charge in [-0.25, -0.2) is 0 Å². The van der Waals surface area contributed by atoms with Gasteiger partial charge in [-0.1, -0.05) is 18.6 Å². The van der Waals surface area contributed by atoms with Crippen LogP contribution in [-0.2, 0) is 14.0 Å². The molecule has 4 rings (SSSR count). The molecule has 0 amide bonds. The first kappa shape index (κ1) is 20.0. The molecule has 3 saturated carbocycles. The van der Waals surface area contributed by atoms with Gasteiger partial charge in [-0.15, -0.1) is 0 Å². The van der Waals surface area contributed by atoms with Gasteiger partial charge in [0.2, 0.25) is 0 Å². The second kappa shape index (κ2) is 6.64. The molecule has 0 heterocycles. The molecule has 1 unspecified atom stereocenters. The molecule has 0 aliphatic heterocycles. The maximum absolute atomic E-state index is 12.7. The first-order chi connectivity index (χ1) is 13.1. The molecule has 152 valence electrons. The topological polar surface area (TPSA) is 67.2 Å². The van der Waals surface area contributed by atoms with Crippen LogP contribution in [0.3, 0.4) is 0 Å². The monoisotopic (exact) mass is 399 g/mol. The second-order valence-electron chi connectivity index (χ2n) is 10.8. The van der Waals surface area contributed by atoms with Crippen LogP contribution in [0.5, 0.6) is 0 Å². The van der Waals surface area contributed by atoms with Crippen molar-refractivity contribution in [3.05, 3.63) is 11.6 Å². The molecule has 0 N–H and O–H groups in total. The van der Waals surface area contributed by atoms with Crippen LogP contribution in [0.1, 0.15) is 58.3 Å². The average Bonchev–Trinajstić information content (AvgIpc) is 2.93. The standard InChI is InChI=1S/C23H33NO3Si/c1-22-11-10-19-17(18(22)7-8-20(22)26)6-5-15-13-16(25)9-12-23(15,19)21(14-24)27-28(2,3)4/h5,17-19,21H,6-13H2,1-4H3/t17-,18-,19-,21?,22-,23+/m0/s1. The van der Waals surface area contributed by atoms with Crippen molar-refractivity contribution in [3.8, 4) is 6.07 Å². The Labute approximate surface area is 169 Å². The minimum Gasteiger partial charge on any atom is -0.401 e. The Hall–Kier alpha value is -1.25. The van der Waals surface area contributed by atoms with E-state index in [2.05, 4.69) is 38.7 Å². The third-order valence-electron chi connectivity index (χ3n) is 8.30. The van der Waals surface area contributed by atoms with Crippen LogP contribution in [0.25, 0.3) is 0 Å². The first-order valence-electron chi connectivity index (χ1n) is 10.9. The SMILES string of the molecule is C[C@]12CC[C@H]3[C@@H](CC=C4CC(=O)CC[C@@]43C(C#N)O[Si](C)(C)C)[C@@H]1CCC2=O.